The van der Waals surface area contributed by atoms with Crippen LogP contribution in [0.4, 0.5) is 0 Å². The summed E-state index contributed by atoms with van der Waals surface area (Å²) in [7, 11) is 0. The van der Waals surface area contributed by atoms with E-state index in [9.17, 15) is 14.4 Å². The lowest BCUT2D eigenvalue weighted by Crippen LogP contribution is -2.44. The summed E-state index contributed by atoms with van der Waals surface area (Å²) in [4.78, 5) is 44.5. The monoisotopic (exact) mass is 441 g/mol. The summed E-state index contributed by atoms with van der Waals surface area (Å²) in [6, 6.07) is 13.4. The van der Waals surface area contributed by atoms with Gasteiger partial charge in [-0.15, -0.1) is 0 Å². The van der Waals surface area contributed by atoms with E-state index in [0.29, 0.717) is 28.8 Å². The third kappa shape index (κ3) is 3.73. The van der Waals surface area contributed by atoms with Crippen molar-refractivity contribution in [3.05, 3.63) is 88.6 Å². The van der Waals surface area contributed by atoms with Gasteiger partial charge in [0.2, 0.25) is 0 Å². The molecule has 166 valence electrons. The minimum atomic E-state index is -0.429. The number of hydrogen-bond acceptors (Lipinski definition) is 5. The number of amides is 2. The fourth-order valence-corrected chi connectivity index (χ4v) is 4.36. The lowest BCUT2D eigenvalue weighted by Gasteiger charge is -2.28. The van der Waals surface area contributed by atoms with Gasteiger partial charge >= 0.3 is 0 Å². The molecule has 0 spiro atoms. The molecule has 0 aliphatic carbocycles. The normalized spacial score (nSPS) is 14.3. The topological polar surface area (TPSA) is 89.6 Å². The molecule has 1 aliphatic heterocycles. The molecule has 1 aliphatic rings. The summed E-state index contributed by atoms with van der Waals surface area (Å²) in [5, 5.41) is 4.49. The minimum Gasteiger partial charge on any atom is -0.313 e. The molecule has 0 saturated heterocycles. The van der Waals surface area contributed by atoms with Gasteiger partial charge in [0.25, 0.3) is 17.4 Å². The van der Waals surface area contributed by atoms with Gasteiger partial charge in [-0.05, 0) is 42.7 Å². The van der Waals surface area contributed by atoms with E-state index in [1.54, 1.807) is 51.9 Å². The van der Waals surface area contributed by atoms with E-state index in [0.717, 1.165) is 5.65 Å². The molecule has 8 nitrogen and oxygen atoms in total. The van der Waals surface area contributed by atoms with Crippen LogP contribution in [-0.2, 0) is 6.54 Å². The second-order valence-electron chi connectivity index (χ2n) is 8.66. The van der Waals surface area contributed by atoms with Gasteiger partial charge in [-0.3, -0.25) is 19.3 Å². The van der Waals surface area contributed by atoms with Gasteiger partial charge in [0, 0.05) is 36.8 Å². The van der Waals surface area contributed by atoms with Gasteiger partial charge in [-0.2, -0.15) is 5.10 Å². The van der Waals surface area contributed by atoms with Crippen molar-refractivity contribution in [1.82, 2.24) is 24.1 Å². The third-order valence-electron chi connectivity index (χ3n) is 5.89. The number of hydrogen-bond donors (Lipinski definition) is 0. The summed E-state index contributed by atoms with van der Waals surface area (Å²) in [6.45, 7) is 4.31. The lowest BCUT2D eigenvalue weighted by atomic mass is 10.0. The number of nitrogens with zero attached hydrogens (tertiary/aromatic N) is 5. The van der Waals surface area contributed by atoms with Crippen molar-refractivity contribution < 1.29 is 9.59 Å². The van der Waals surface area contributed by atoms with Crippen molar-refractivity contribution in [2.75, 3.05) is 0 Å². The zero-order valence-corrected chi connectivity index (χ0v) is 18.4. The van der Waals surface area contributed by atoms with Crippen LogP contribution in [0.25, 0.3) is 16.9 Å². The lowest BCUT2D eigenvalue weighted by molar-refractivity contribution is 0.0547. The Hall–Kier alpha value is -4.07. The van der Waals surface area contributed by atoms with Crippen LogP contribution in [0, 0.1) is 5.92 Å². The summed E-state index contributed by atoms with van der Waals surface area (Å²) >= 11 is 0. The average Bonchev–Trinajstić information content (AvgIpc) is 3.37. The zero-order chi connectivity index (χ0) is 23.1. The van der Waals surface area contributed by atoms with Gasteiger partial charge in [0.05, 0.1) is 22.9 Å². The SMILES string of the molecule is CC(C)CC(Cn1ccc(-c2ccc3nccn3n2)cc1=O)N1C(=O)c2ccccc2C1=O. The first-order valence-corrected chi connectivity index (χ1v) is 10.9. The average molecular weight is 441 g/mol. The summed E-state index contributed by atoms with van der Waals surface area (Å²) in [5.74, 6) is -0.368. The van der Waals surface area contributed by atoms with Crippen LogP contribution in [0.15, 0.2) is 71.9 Å². The summed E-state index contributed by atoms with van der Waals surface area (Å²) < 4.78 is 3.21. The highest BCUT2D eigenvalue weighted by atomic mass is 16.2. The van der Waals surface area contributed by atoms with Crippen LogP contribution < -0.4 is 5.56 Å². The number of pyridine rings is 1. The first-order chi connectivity index (χ1) is 15.9. The maximum absolute atomic E-state index is 13.0. The zero-order valence-electron chi connectivity index (χ0n) is 18.4. The van der Waals surface area contributed by atoms with Crippen molar-refractivity contribution in [3.63, 3.8) is 0 Å². The smallest absolute Gasteiger partial charge is 0.261 e. The standard InChI is InChI=1S/C25H23N5O3/c1-16(2)13-18(30-24(32)19-5-3-4-6-20(19)25(30)33)15-28-11-9-17(14-23(28)31)21-7-8-22-26-10-12-29(22)27-21/h3-12,14,16,18H,13,15H2,1-2H3. The number of aromatic nitrogens is 4. The second-order valence-corrected chi connectivity index (χ2v) is 8.66. The first-order valence-electron chi connectivity index (χ1n) is 10.9. The number of imidazole rings is 1. The van der Waals surface area contributed by atoms with E-state index in [-0.39, 0.29) is 29.8 Å². The van der Waals surface area contributed by atoms with Gasteiger partial charge in [-0.25, -0.2) is 9.50 Å². The van der Waals surface area contributed by atoms with Gasteiger partial charge in [-0.1, -0.05) is 26.0 Å². The van der Waals surface area contributed by atoms with E-state index < -0.39 is 6.04 Å². The van der Waals surface area contributed by atoms with E-state index >= 15 is 0 Å². The fraction of sp³-hybridized carbons (Fsp3) is 0.240. The van der Waals surface area contributed by atoms with Crippen molar-refractivity contribution in [1.29, 1.82) is 0 Å². The predicted octanol–water partition coefficient (Wildman–Crippen LogP) is 3.27. The Kier molecular flexibility index (Phi) is 5.12. The summed E-state index contributed by atoms with van der Waals surface area (Å²) in [5.41, 5.74) is 2.69. The quantitative estimate of drug-likeness (QED) is 0.429. The van der Waals surface area contributed by atoms with Crippen LogP contribution in [-0.4, -0.2) is 41.9 Å². The highest BCUT2D eigenvalue weighted by Crippen LogP contribution is 2.27. The molecule has 1 atom stereocenters. The third-order valence-corrected chi connectivity index (χ3v) is 5.89. The van der Waals surface area contributed by atoms with Crippen LogP contribution in [0.1, 0.15) is 41.0 Å². The van der Waals surface area contributed by atoms with Gasteiger partial charge in [0.15, 0.2) is 5.65 Å². The molecular formula is C25H23N5O3. The Morgan fingerprint density at radius 1 is 0.909 bits per heavy atom. The van der Waals surface area contributed by atoms with E-state index in [4.69, 9.17) is 0 Å². The molecule has 0 radical (unpaired) electrons. The van der Waals surface area contributed by atoms with Gasteiger partial charge in [0.1, 0.15) is 0 Å². The number of benzene rings is 1. The van der Waals surface area contributed by atoms with Crippen LogP contribution in [0.3, 0.4) is 0 Å². The number of imide groups is 1. The molecule has 0 fully saturated rings. The molecule has 1 aromatic carbocycles. The highest BCUT2D eigenvalue weighted by Gasteiger charge is 2.40. The number of carbonyl (C=O) groups excluding carboxylic acids is 2. The molecule has 0 bridgehead atoms. The molecule has 5 rings (SSSR count). The number of rotatable bonds is 6. The van der Waals surface area contributed by atoms with Gasteiger partial charge < -0.3 is 4.57 Å². The Bertz CT molecular complexity index is 1400. The molecule has 1 unspecified atom stereocenters. The Morgan fingerprint density at radius 2 is 1.64 bits per heavy atom. The Balaban J connectivity index is 1.45. The Morgan fingerprint density at radius 3 is 2.30 bits per heavy atom. The number of carbonyl (C=O) groups is 2. The Labute approximate surface area is 190 Å². The molecule has 4 heterocycles. The van der Waals surface area contributed by atoms with E-state index in [1.807, 2.05) is 32.0 Å². The van der Waals surface area contributed by atoms with Crippen molar-refractivity contribution in [2.24, 2.45) is 5.92 Å². The summed E-state index contributed by atoms with van der Waals surface area (Å²) in [6.07, 6.45) is 5.71. The molecule has 0 saturated carbocycles. The predicted molar refractivity (Wildman–Crippen MR) is 123 cm³/mol. The molecule has 8 heteroatoms. The molecule has 0 N–H and O–H groups in total. The van der Waals surface area contributed by atoms with Crippen LogP contribution in [0.2, 0.25) is 0 Å². The molecule has 4 aromatic rings. The largest absolute Gasteiger partial charge is 0.313 e. The molecule has 3 aromatic heterocycles. The maximum Gasteiger partial charge on any atom is 0.261 e. The van der Waals surface area contributed by atoms with Crippen molar-refractivity contribution in [2.45, 2.75) is 32.9 Å². The van der Waals surface area contributed by atoms with Crippen LogP contribution in [0.5, 0.6) is 0 Å². The van der Waals surface area contributed by atoms with E-state index in [2.05, 4.69) is 10.1 Å². The maximum atomic E-state index is 13.0. The van der Waals surface area contributed by atoms with Crippen molar-refractivity contribution >= 4 is 17.5 Å². The first kappa shape index (κ1) is 20.8. The molecule has 2 amide bonds. The minimum absolute atomic E-state index is 0.217. The highest BCUT2D eigenvalue weighted by molar-refractivity contribution is 6.21. The molecular weight excluding hydrogens is 418 g/mol. The fourth-order valence-electron chi connectivity index (χ4n) is 4.36. The number of fused-ring (bicyclic) bond motifs is 2. The van der Waals surface area contributed by atoms with E-state index in [1.165, 1.54) is 11.0 Å². The van der Waals surface area contributed by atoms with Crippen molar-refractivity contribution in [3.8, 4) is 11.3 Å². The van der Waals surface area contributed by atoms with Crippen LogP contribution >= 0.6 is 0 Å². The second kappa shape index (κ2) is 8.12. The molecule has 33 heavy (non-hydrogen) atoms.